The molecule has 1 atom stereocenters. The first-order chi connectivity index (χ1) is 4.88. The van der Waals surface area contributed by atoms with Crippen molar-refractivity contribution < 1.29 is 34.5 Å². The van der Waals surface area contributed by atoms with Gasteiger partial charge in [0.2, 0.25) is 0 Å². The summed E-state index contributed by atoms with van der Waals surface area (Å²) >= 11 is 0. The molecule has 0 radical (unpaired) electrons. The molecule has 0 aromatic rings. The van der Waals surface area contributed by atoms with Crippen molar-refractivity contribution in [1.82, 2.24) is 5.43 Å². The van der Waals surface area contributed by atoms with Gasteiger partial charge in [0.25, 0.3) is 0 Å². The minimum Gasteiger partial charge on any atom is -0.737 e. The van der Waals surface area contributed by atoms with Crippen LogP contribution < -0.4 is 35.0 Å². The normalized spacial score (nSPS) is 14.8. The second-order valence-electron chi connectivity index (χ2n) is 3.57. The molecular formula is C6H14N3NaO2. The first-order valence-electron chi connectivity index (χ1n) is 3.44. The molecule has 0 saturated carbocycles. The van der Waals surface area contributed by atoms with Gasteiger partial charge >= 0.3 is 29.6 Å². The number of nitrogens with zero attached hydrogens (tertiary/aromatic N) is 2. The van der Waals surface area contributed by atoms with E-state index in [1.807, 2.05) is 27.7 Å². The zero-order valence-corrected chi connectivity index (χ0v) is 10.3. The standard InChI is InChI=1S/C6H15N3O2.Na/c1-5(6(2,3)4)7-9(11)8-10;/h5,10H,1-4H3,(H,7,8);/q;+1/p-1. The summed E-state index contributed by atoms with van der Waals surface area (Å²) in [5.74, 6) is 0. The molecular weight excluding hydrogens is 169 g/mol. The average molecular weight is 183 g/mol. The predicted octanol–water partition coefficient (Wildman–Crippen LogP) is -1.61. The van der Waals surface area contributed by atoms with Crippen LogP contribution in [0.15, 0.2) is 5.28 Å². The second kappa shape index (κ2) is 5.61. The molecule has 0 amide bonds. The Bertz CT molecular complexity index is 155. The Morgan fingerprint density at radius 2 is 1.83 bits per heavy atom. The first kappa shape index (κ1) is 14.5. The van der Waals surface area contributed by atoms with Gasteiger partial charge in [-0.05, 0) is 17.6 Å². The second-order valence-corrected chi connectivity index (χ2v) is 3.57. The molecule has 0 aliphatic rings. The molecule has 6 heteroatoms. The van der Waals surface area contributed by atoms with Crippen LogP contribution in [0.3, 0.4) is 0 Å². The van der Waals surface area contributed by atoms with Gasteiger partial charge in [-0.25, -0.2) is 0 Å². The number of rotatable bonds is 2. The number of hydrazine groups is 1. The summed E-state index contributed by atoms with van der Waals surface area (Å²) in [6.07, 6.45) is 0. The summed E-state index contributed by atoms with van der Waals surface area (Å²) in [4.78, 5) is -0.0596. The van der Waals surface area contributed by atoms with Crippen LogP contribution in [-0.2, 0) is 0 Å². The van der Waals surface area contributed by atoms with Gasteiger partial charge in [-0.15, -0.1) is 0 Å². The number of hydrogen-bond donors (Lipinski definition) is 1. The van der Waals surface area contributed by atoms with Crippen LogP contribution in [0.1, 0.15) is 27.7 Å². The summed E-state index contributed by atoms with van der Waals surface area (Å²) in [5, 5.41) is 22.2. The van der Waals surface area contributed by atoms with E-state index in [9.17, 15) is 10.4 Å². The van der Waals surface area contributed by atoms with Crippen molar-refractivity contribution in [3.8, 4) is 0 Å². The molecule has 0 heterocycles. The summed E-state index contributed by atoms with van der Waals surface area (Å²) in [6.45, 7) is 7.70. The largest absolute Gasteiger partial charge is 1.00 e. The molecule has 5 nitrogen and oxygen atoms in total. The Balaban J connectivity index is 0. The number of hydrogen-bond acceptors (Lipinski definition) is 3. The Labute approximate surface area is 94.7 Å². The van der Waals surface area contributed by atoms with Crippen molar-refractivity contribution in [2.45, 2.75) is 33.7 Å². The molecule has 0 aromatic carbocycles. The third-order valence-corrected chi connectivity index (χ3v) is 1.68. The quantitative estimate of drug-likeness (QED) is 0.242. The molecule has 12 heavy (non-hydrogen) atoms. The van der Waals surface area contributed by atoms with Crippen molar-refractivity contribution in [1.29, 1.82) is 0 Å². The molecule has 1 unspecified atom stereocenters. The third kappa shape index (κ3) is 5.62. The van der Waals surface area contributed by atoms with E-state index in [0.717, 1.165) is 0 Å². The summed E-state index contributed by atoms with van der Waals surface area (Å²) in [6, 6.07) is -0.0855. The van der Waals surface area contributed by atoms with E-state index in [-0.39, 0.29) is 46.0 Å². The summed E-state index contributed by atoms with van der Waals surface area (Å²) < 4.78 is 0. The van der Waals surface area contributed by atoms with Crippen LogP contribution in [0, 0.1) is 15.8 Å². The Morgan fingerprint density at radius 1 is 1.42 bits per heavy atom. The fraction of sp³-hybridized carbons (Fsp3) is 1.00. The maximum atomic E-state index is 10.4. The van der Waals surface area contributed by atoms with Gasteiger partial charge in [0.15, 0.2) is 0 Å². The van der Waals surface area contributed by atoms with Crippen LogP contribution in [0.5, 0.6) is 0 Å². The van der Waals surface area contributed by atoms with Gasteiger partial charge in [-0.1, -0.05) is 20.8 Å². The topological polar surface area (TPSA) is 73.5 Å². The minimum absolute atomic E-state index is 0. The van der Waals surface area contributed by atoms with Crippen LogP contribution in [0.4, 0.5) is 0 Å². The molecule has 0 aliphatic carbocycles. The zero-order chi connectivity index (χ0) is 9.07. The monoisotopic (exact) mass is 183 g/mol. The van der Waals surface area contributed by atoms with Gasteiger partial charge in [-0.2, -0.15) is 5.43 Å². The van der Waals surface area contributed by atoms with Crippen molar-refractivity contribution in [2.24, 2.45) is 10.7 Å². The Morgan fingerprint density at radius 3 is 2.08 bits per heavy atom. The van der Waals surface area contributed by atoms with Gasteiger partial charge in [0, 0.05) is 4.97 Å². The van der Waals surface area contributed by atoms with E-state index < -0.39 is 0 Å². The third-order valence-electron chi connectivity index (χ3n) is 1.68. The van der Waals surface area contributed by atoms with E-state index in [1.54, 1.807) is 0 Å². The Hall–Kier alpha value is 0. The van der Waals surface area contributed by atoms with Crippen LogP contribution in [-0.4, -0.2) is 11.0 Å². The molecule has 0 aliphatic heterocycles. The van der Waals surface area contributed by atoms with Crippen LogP contribution in [0.25, 0.3) is 0 Å². The van der Waals surface area contributed by atoms with Gasteiger partial charge < -0.3 is 10.4 Å². The fourth-order valence-corrected chi connectivity index (χ4v) is 0.383. The van der Waals surface area contributed by atoms with E-state index >= 15 is 0 Å². The van der Waals surface area contributed by atoms with Crippen LogP contribution >= 0.6 is 0 Å². The molecule has 0 rings (SSSR count). The van der Waals surface area contributed by atoms with Gasteiger partial charge in [-0.3, -0.25) is 0 Å². The SMILES string of the molecule is CC(N/[N+]([O-])=N\[O-])C(C)(C)C.[Na+]. The minimum atomic E-state index is -0.0855. The van der Waals surface area contributed by atoms with Crippen molar-refractivity contribution in [3.05, 3.63) is 10.4 Å². The molecule has 66 valence electrons. The Kier molecular flexibility index (Phi) is 6.79. The van der Waals surface area contributed by atoms with E-state index in [1.165, 1.54) is 0 Å². The van der Waals surface area contributed by atoms with Crippen molar-refractivity contribution in [3.63, 3.8) is 0 Å². The maximum Gasteiger partial charge on any atom is 1.00 e. The molecule has 0 spiro atoms. The van der Waals surface area contributed by atoms with E-state index in [0.29, 0.717) is 0 Å². The maximum absolute atomic E-state index is 10.4. The smallest absolute Gasteiger partial charge is 0.737 e. The van der Waals surface area contributed by atoms with Crippen LogP contribution in [0.2, 0.25) is 0 Å². The molecule has 0 saturated heterocycles. The summed E-state index contributed by atoms with van der Waals surface area (Å²) in [5.41, 5.74) is 2.31. The zero-order valence-electron chi connectivity index (χ0n) is 8.29. The molecule has 0 bridgehead atoms. The van der Waals surface area contributed by atoms with E-state index in [4.69, 9.17) is 0 Å². The molecule has 1 N–H and O–H groups in total. The molecule has 0 fully saturated rings. The van der Waals surface area contributed by atoms with Gasteiger partial charge in [0.05, 0.1) is 6.04 Å². The summed E-state index contributed by atoms with van der Waals surface area (Å²) in [7, 11) is 0. The number of nitrogens with one attached hydrogen (secondary N) is 1. The van der Waals surface area contributed by atoms with Gasteiger partial charge in [0.1, 0.15) is 0 Å². The molecule has 0 aromatic heterocycles. The first-order valence-corrected chi connectivity index (χ1v) is 3.44. The predicted molar refractivity (Wildman–Crippen MR) is 41.5 cm³/mol. The fourth-order valence-electron chi connectivity index (χ4n) is 0.383. The van der Waals surface area contributed by atoms with E-state index in [2.05, 4.69) is 10.7 Å². The van der Waals surface area contributed by atoms with Crippen molar-refractivity contribution in [2.75, 3.05) is 0 Å². The average Bonchev–Trinajstić information content (AvgIpc) is 1.85. The van der Waals surface area contributed by atoms with Crippen molar-refractivity contribution >= 4 is 0 Å².